The predicted molar refractivity (Wildman–Crippen MR) is 157 cm³/mol. The fraction of sp³-hybridized carbons (Fsp3) is 1.00. The lowest BCUT2D eigenvalue weighted by molar-refractivity contribution is -0.105. The van der Waals surface area contributed by atoms with Gasteiger partial charge in [-0.2, -0.15) is 0 Å². The number of hydrogen-bond donors (Lipinski definition) is 3. The van der Waals surface area contributed by atoms with Crippen molar-refractivity contribution in [2.75, 3.05) is 13.1 Å². The van der Waals surface area contributed by atoms with E-state index in [0.717, 1.165) is 55.5 Å². The van der Waals surface area contributed by atoms with E-state index >= 15 is 0 Å². The zero-order chi connectivity index (χ0) is 27.2. The first kappa shape index (κ1) is 31.4. The Bertz CT molecular complexity index is 652. The molecule has 0 radical (unpaired) electrons. The maximum absolute atomic E-state index is 11.6. The fourth-order valence-corrected chi connectivity index (χ4v) is 8.75. The van der Waals surface area contributed by atoms with Gasteiger partial charge in [-0.15, -0.1) is 0 Å². The third kappa shape index (κ3) is 8.41. The standard InChI is InChI=1S/C33H64N2O2/c1-8-10-14-25(9-2)29-18-19-35(22-33(29,6)7)32(37)30(23(3)4)34-31(36)28-17-12-16-27(21-28)26-15-11-13-24(5)20-26/h23-32,34,36-37H,8-22H2,1-7H3/t24?,25?,26?,27?,28?,29-,30-,31?,32?/m1/s1. The second kappa shape index (κ2) is 14.5. The minimum atomic E-state index is -0.552. The van der Waals surface area contributed by atoms with Crippen molar-refractivity contribution in [3.05, 3.63) is 0 Å². The van der Waals surface area contributed by atoms with Crippen molar-refractivity contribution in [1.82, 2.24) is 10.2 Å². The van der Waals surface area contributed by atoms with Gasteiger partial charge in [0.05, 0.1) is 6.04 Å². The monoisotopic (exact) mass is 520 g/mol. The van der Waals surface area contributed by atoms with Crippen molar-refractivity contribution < 1.29 is 10.2 Å². The Hall–Kier alpha value is -0.160. The van der Waals surface area contributed by atoms with E-state index in [1.54, 1.807) is 0 Å². The molecule has 3 N–H and O–H groups in total. The molecule has 7 unspecified atom stereocenters. The summed E-state index contributed by atoms with van der Waals surface area (Å²) in [5.74, 6) is 4.60. The van der Waals surface area contributed by atoms with Gasteiger partial charge in [0.1, 0.15) is 12.5 Å². The lowest BCUT2D eigenvalue weighted by Crippen LogP contribution is -2.60. The van der Waals surface area contributed by atoms with Crippen molar-refractivity contribution in [2.24, 2.45) is 46.8 Å². The van der Waals surface area contributed by atoms with Crippen LogP contribution in [0.2, 0.25) is 0 Å². The summed E-state index contributed by atoms with van der Waals surface area (Å²) in [6, 6.07) is -0.112. The molecule has 0 amide bonds. The maximum Gasteiger partial charge on any atom is 0.123 e. The second-order valence-electron chi connectivity index (χ2n) is 14.7. The number of aliphatic hydroxyl groups excluding tert-OH is 2. The normalized spacial score (nSPS) is 34.7. The smallest absolute Gasteiger partial charge is 0.123 e. The molecule has 1 heterocycles. The number of unbranched alkanes of at least 4 members (excludes halogenated alkanes) is 1. The Morgan fingerprint density at radius 1 is 0.946 bits per heavy atom. The molecule has 9 atom stereocenters. The molecule has 0 aromatic carbocycles. The summed E-state index contributed by atoms with van der Waals surface area (Å²) < 4.78 is 0. The SMILES string of the molecule is CCCCC(CC)[C@H]1CCN(C(O)[C@H](NC(O)C2CCCC(C3CCCC(C)C3)C2)C(C)C)CC1(C)C. The molecule has 4 heteroatoms. The van der Waals surface area contributed by atoms with Crippen molar-refractivity contribution in [1.29, 1.82) is 0 Å². The Kier molecular flexibility index (Phi) is 12.3. The lowest BCUT2D eigenvalue weighted by Gasteiger charge is -2.50. The summed E-state index contributed by atoms with van der Waals surface area (Å²) in [5, 5.41) is 26.6. The van der Waals surface area contributed by atoms with Crippen LogP contribution < -0.4 is 5.32 Å². The molecule has 4 nitrogen and oxygen atoms in total. The quantitative estimate of drug-likeness (QED) is 0.234. The Morgan fingerprint density at radius 3 is 2.22 bits per heavy atom. The van der Waals surface area contributed by atoms with Crippen LogP contribution in [0.5, 0.6) is 0 Å². The Balaban J connectivity index is 1.59. The van der Waals surface area contributed by atoms with Crippen molar-refractivity contribution in [3.8, 4) is 0 Å². The Labute approximate surface area is 230 Å². The molecule has 0 aromatic heterocycles. The molecule has 1 aliphatic heterocycles. The summed E-state index contributed by atoms with van der Waals surface area (Å²) in [4.78, 5) is 2.32. The van der Waals surface area contributed by atoms with Gasteiger partial charge in [-0.3, -0.25) is 10.2 Å². The first-order chi connectivity index (χ1) is 17.6. The molecule has 2 aliphatic carbocycles. The summed E-state index contributed by atoms with van der Waals surface area (Å²) in [6.07, 6.45) is 15.7. The molecule has 0 bridgehead atoms. The molecule has 0 aromatic rings. The minimum absolute atomic E-state index is 0.112. The first-order valence-electron chi connectivity index (χ1n) is 16.4. The highest BCUT2D eigenvalue weighted by atomic mass is 16.3. The molecular weight excluding hydrogens is 456 g/mol. The van der Waals surface area contributed by atoms with Crippen LogP contribution in [0.15, 0.2) is 0 Å². The number of likely N-dealkylation sites (tertiary alicyclic amines) is 1. The highest BCUT2D eigenvalue weighted by Gasteiger charge is 2.43. The molecule has 218 valence electrons. The van der Waals surface area contributed by atoms with E-state index in [0.29, 0.717) is 5.92 Å². The molecule has 3 rings (SSSR count). The summed E-state index contributed by atoms with van der Waals surface area (Å²) in [7, 11) is 0. The van der Waals surface area contributed by atoms with E-state index < -0.39 is 12.5 Å². The summed E-state index contributed by atoms with van der Waals surface area (Å²) in [5.41, 5.74) is 0.196. The molecule has 0 spiro atoms. The topological polar surface area (TPSA) is 55.7 Å². The van der Waals surface area contributed by atoms with Gasteiger partial charge in [-0.05, 0) is 72.5 Å². The van der Waals surface area contributed by atoms with Gasteiger partial charge in [0.2, 0.25) is 0 Å². The van der Waals surface area contributed by atoms with Gasteiger partial charge in [0.15, 0.2) is 0 Å². The molecule has 37 heavy (non-hydrogen) atoms. The van der Waals surface area contributed by atoms with Gasteiger partial charge in [-0.25, -0.2) is 0 Å². The minimum Gasteiger partial charge on any atom is -0.378 e. The van der Waals surface area contributed by atoms with Crippen LogP contribution in [0.25, 0.3) is 0 Å². The molecule has 2 saturated carbocycles. The van der Waals surface area contributed by atoms with Gasteiger partial charge < -0.3 is 10.2 Å². The van der Waals surface area contributed by atoms with E-state index in [1.807, 2.05) is 0 Å². The van der Waals surface area contributed by atoms with Crippen molar-refractivity contribution >= 4 is 0 Å². The van der Waals surface area contributed by atoms with E-state index in [9.17, 15) is 10.2 Å². The largest absolute Gasteiger partial charge is 0.378 e. The number of piperidine rings is 1. The van der Waals surface area contributed by atoms with Crippen LogP contribution >= 0.6 is 0 Å². The van der Waals surface area contributed by atoms with Crippen molar-refractivity contribution in [2.45, 2.75) is 150 Å². The number of nitrogens with zero attached hydrogens (tertiary/aromatic N) is 1. The number of nitrogens with one attached hydrogen (secondary N) is 1. The second-order valence-corrected chi connectivity index (χ2v) is 14.7. The molecule has 3 aliphatic rings. The predicted octanol–water partition coefficient (Wildman–Crippen LogP) is 7.43. The zero-order valence-electron chi connectivity index (χ0n) is 25.7. The van der Waals surface area contributed by atoms with Gasteiger partial charge in [-0.1, -0.05) is 106 Å². The van der Waals surface area contributed by atoms with Crippen LogP contribution in [0, 0.1) is 46.8 Å². The third-order valence-electron chi connectivity index (χ3n) is 11.0. The summed E-state index contributed by atoms with van der Waals surface area (Å²) in [6.45, 7) is 18.2. The van der Waals surface area contributed by atoms with E-state index in [1.165, 1.54) is 70.6 Å². The third-order valence-corrected chi connectivity index (χ3v) is 11.0. The molecule has 1 saturated heterocycles. The van der Waals surface area contributed by atoms with Crippen LogP contribution in [-0.4, -0.2) is 46.7 Å². The zero-order valence-corrected chi connectivity index (χ0v) is 25.7. The van der Waals surface area contributed by atoms with Crippen LogP contribution in [-0.2, 0) is 0 Å². The highest BCUT2D eigenvalue weighted by Crippen LogP contribution is 2.44. The van der Waals surface area contributed by atoms with E-state index in [4.69, 9.17) is 0 Å². The lowest BCUT2D eigenvalue weighted by atomic mass is 9.65. The molecular formula is C33H64N2O2. The number of aliphatic hydroxyl groups is 2. The van der Waals surface area contributed by atoms with Gasteiger partial charge in [0, 0.05) is 13.1 Å². The van der Waals surface area contributed by atoms with E-state index in [2.05, 4.69) is 58.7 Å². The van der Waals surface area contributed by atoms with Crippen LogP contribution in [0.1, 0.15) is 132 Å². The van der Waals surface area contributed by atoms with Gasteiger partial charge >= 0.3 is 0 Å². The van der Waals surface area contributed by atoms with E-state index in [-0.39, 0.29) is 17.4 Å². The first-order valence-corrected chi connectivity index (χ1v) is 16.4. The van der Waals surface area contributed by atoms with Crippen molar-refractivity contribution in [3.63, 3.8) is 0 Å². The van der Waals surface area contributed by atoms with Crippen LogP contribution in [0.4, 0.5) is 0 Å². The Morgan fingerprint density at radius 2 is 1.62 bits per heavy atom. The average molecular weight is 521 g/mol. The number of rotatable bonds is 12. The maximum atomic E-state index is 11.6. The summed E-state index contributed by atoms with van der Waals surface area (Å²) >= 11 is 0. The van der Waals surface area contributed by atoms with Crippen LogP contribution in [0.3, 0.4) is 0 Å². The van der Waals surface area contributed by atoms with Gasteiger partial charge in [0.25, 0.3) is 0 Å². The fourth-order valence-electron chi connectivity index (χ4n) is 8.75. The number of hydrogen-bond acceptors (Lipinski definition) is 4. The average Bonchev–Trinajstić information content (AvgIpc) is 2.87. The molecule has 3 fully saturated rings. The highest BCUT2D eigenvalue weighted by molar-refractivity contribution is 4.94.